The molecule has 0 aromatic carbocycles. The fraction of sp³-hybridized carbons (Fsp3) is 0.667. The molecule has 0 saturated heterocycles. The summed E-state index contributed by atoms with van der Waals surface area (Å²) in [6, 6.07) is 4.16. The van der Waals surface area contributed by atoms with Crippen molar-refractivity contribution in [1.82, 2.24) is 0 Å². The van der Waals surface area contributed by atoms with Crippen molar-refractivity contribution >= 4 is 20.9 Å². The Morgan fingerprint density at radius 1 is 1.21 bits per heavy atom. The number of hydrogen-bond donors (Lipinski definition) is 0. The zero-order valence-electron chi connectivity index (χ0n) is 9.25. The Morgan fingerprint density at radius 2 is 2.00 bits per heavy atom. The van der Waals surface area contributed by atoms with E-state index in [4.69, 9.17) is 4.42 Å². The van der Waals surface area contributed by atoms with Crippen LogP contribution in [0.2, 0.25) is 0 Å². The van der Waals surface area contributed by atoms with E-state index in [2.05, 4.69) is 36.2 Å². The van der Waals surface area contributed by atoms with E-state index < -0.39 is 0 Å². The van der Waals surface area contributed by atoms with Gasteiger partial charge in [-0.25, -0.2) is 0 Å². The van der Waals surface area contributed by atoms with Gasteiger partial charge < -0.3 is 4.42 Å². The van der Waals surface area contributed by atoms with Gasteiger partial charge in [-0.15, -0.1) is 0 Å². The summed E-state index contributed by atoms with van der Waals surface area (Å²) in [5, 5.41) is 0. The van der Waals surface area contributed by atoms with Gasteiger partial charge in [0.25, 0.3) is 0 Å². The highest BCUT2D eigenvalue weighted by atomic mass is 27.0. The molecule has 0 spiro atoms. The summed E-state index contributed by atoms with van der Waals surface area (Å²) >= 11 is 2.61. The van der Waals surface area contributed by atoms with Crippen LogP contribution in [0.15, 0.2) is 16.5 Å². The van der Waals surface area contributed by atoms with Crippen molar-refractivity contribution in [3.63, 3.8) is 0 Å². The van der Waals surface area contributed by atoms with Gasteiger partial charge in [-0.05, 0) is 29.6 Å². The molecule has 0 bridgehead atoms. The Morgan fingerprint density at radius 3 is 2.50 bits per heavy atom. The molecule has 1 unspecified atom stereocenters. The van der Waals surface area contributed by atoms with Crippen molar-refractivity contribution in [2.75, 3.05) is 0 Å². The van der Waals surface area contributed by atoms with Crippen LogP contribution in [0.4, 0.5) is 0 Å². The van der Waals surface area contributed by atoms with Crippen LogP contribution >= 0.6 is 0 Å². The molecule has 1 aromatic rings. The fourth-order valence-corrected chi connectivity index (χ4v) is 2.05. The van der Waals surface area contributed by atoms with E-state index in [0.717, 1.165) is 4.62 Å². The standard InChI is InChI=1S/C12H19O.Al/c1-3-5-8-11(7-4-2)12-9-6-10-13-12;/h6,9,11H,3-5,7-8H2,1-2H3;. The van der Waals surface area contributed by atoms with Crippen molar-refractivity contribution in [3.05, 3.63) is 17.9 Å². The summed E-state index contributed by atoms with van der Waals surface area (Å²) in [4.78, 5) is 0. The number of furan rings is 1. The molecule has 0 aliphatic heterocycles. The Balaban J connectivity index is 2.57. The SMILES string of the molecule is CCCCC(CCC)c1cc[c]([Al])o1. The van der Waals surface area contributed by atoms with Gasteiger partial charge in [-0.1, -0.05) is 33.1 Å². The van der Waals surface area contributed by atoms with E-state index in [1.807, 2.05) is 6.07 Å². The molecule has 1 heterocycles. The molecular formula is C12H19AlO. The highest BCUT2D eigenvalue weighted by Gasteiger charge is 2.12. The lowest BCUT2D eigenvalue weighted by atomic mass is 9.95. The van der Waals surface area contributed by atoms with Crippen LogP contribution in [0, 0.1) is 0 Å². The van der Waals surface area contributed by atoms with E-state index in [1.54, 1.807) is 0 Å². The van der Waals surface area contributed by atoms with E-state index in [0.29, 0.717) is 5.92 Å². The average Bonchev–Trinajstić information content (AvgIpc) is 2.59. The van der Waals surface area contributed by atoms with Crippen molar-refractivity contribution in [2.24, 2.45) is 0 Å². The second-order valence-electron chi connectivity index (χ2n) is 3.87. The lowest BCUT2D eigenvalue weighted by molar-refractivity contribution is 0.433. The van der Waals surface area contributed by atoms with Crippen LogP contribution in [0.25, 0.3) is 0 Å². The average molecular weight is 206 g/mol. The first kappa shape index (κ1) is 11.9. The van der Waals surface area contributed by atoms with Gasteiger partial charge in [-0.2, -0.15) is 0 Å². The molecule has 1 atom stereocenters. The van der Waals surface area contributed by atoms with Crippen molar-refractivity contribution in [1.29, 1.82) is 0 Å². The topological polar surface area (TPSA) is 13.1 Å². The molecule has 0 N–H and O–H groups in total. The third-order valence-corrected chi connectivity index (χ3v) is 2.90. The third kappa shape index (κ3) is 3.52. The molecule has 0 saturated carbocycles. The van der Waals surface area contributed by atoms with Gasteiger partial charge in [0.1, 0.15) is 5.76 Å². The number of unbranched alkanes of at least 4 members (excludes halogenated alkanes) is 1. The quantitative estimate of drug-likeness (QED) is 0.652. The summed E-state index contributed by atoms with van der Waals surface area (Å²) < 4.78 is 6.61. The molecule has 0 aliphatic rings. The summed E-state index contributed by atoms with van der Waals surface area (Å²) in [5.74, 6) is 1.81. The molecule has 0 fully saturated rings. The third-order valence-electron chi connectivity index (χ3n) is 2.59. The van der Waals surface area contributed by atoms with Crippen LogP contribution in [-0.4, -0.2) is 16.3 Å². The lowest BCUT2D eigenvalue weighted by Gasteiger charge is -2.12. The van der Waals surface area contributed by atoms with Gasteiger partial charge in [0.05, 0.1) is 0 Å². The minimum atomic E-state index is 0.634. The van der Waals surface area contributed by atoms with Crippen LogP contribution in [0.1, 0.15) is 57.6 Å². The molecular weight excluding hydrogens is 187 g/mol. The second-order valence-corrected chi connectivity index (χ2v) is 4.44. The van der Waals surface area contributed by atoms with Crippen molar-refractivity contribution < 1.29 is 4.42 Å². The fourth-order valence-electron chi connectivity index (χ4n) is 1.82. The summed E-state index contributed by atoms with van der Waals surface area (Å²) in [6.07, 6.45) is 6.33. The molecule has 14 heavy (non-hydrogen) atoms. The van der Waals surface area contributed by atoms with Crippen molar-refractivity contribution in [3.8, 4) is 0 Å². The first-order chi connectivity index (χ1) is 6.77. The van der Waals surface area contributed by atoms with Crippen LogP contribution < -0.4 is 4.62 Å². The molecule has 2 heteroatoms. The number of rotatable bonds is 6. The minimum Gasteiger partial charge on any atom is -0.487 e. The highest BCUT2D eigenvalue weighted by Crippen LogP contribution is 2.26. The molecule has 1 nitrogen and oxygen atoms in total. The van der Waals surface area contributed by atoms with Crippen LogP contribution in [0.5, 0.6) is 0 Å². The van der Waals surface area contributed by atoms with E-state index in [1.165, 1.54) is 37.9 Å². The highest BCUT2D eigenvalue weighted by molar-refractivity contribution is 6.29. The van der Waals surface area contributed by atoms with Gasteiger partial charge in [0.2, 0.25) is 16.3 Å². The van der Waals surface area contributed by atoms with E-state index >= 15 is 0 Å². The summed E-state index contributed by atoms with van der Waals surface area (Å²) in [7, 11) is 0. The maximum atomic E-state index is 5.66. The maximum absolute atomic E-state index is 5.66. The molecule has 0 amide bonds. The predicted molar refractivity (Wildman–Crippen MR) is 61.3 cm³/mol. The monoisotopic (exact) mass is 206 g/mol. The molecule has 2 radical (unpaired) electrons. The Kier molecular flexibility index (Phi) is 5.37. The predicted octanol–water partition coefficient (Wildman–Crippen LogP) is 3.15. The summed E-state index contributed by atoms with van der Waals surface area (Å²) in [6.45, 7) is 4.48. The van der Waals surface area contributed by atoms with Crippen LogP contribution in [0.3, 0.4) is 0 Å². The lowest BCUT2D eigenvalue weighted by Crippen LogP contribution is -1.99. The normalized spacial score (nSPS) is 13.0. The minimum absolute atomic E-state index is 0.634. The Bertz CT molecular complexity index is 255. The van der Waals surface area contributed by atoms with Gasteiger partial charge in [-0.3, -0.25) is 0 Å². The molecule has 1 rings (SSSR count). The molecule has 1 aromatic heterocycles. The Labute approximate surface area is 95.3 Å². The number of hydrogen-bond acceptors (Lipinski definition) is 1. The Hall–Kier alpha value is -0.188. The maximum Gasteiger partial charge on any atom is 0.241 e. The van der Waals surface area contributed by atoms with Crippen LogP contribution in [-0.2, 0) is 0 Å². The zero-order valence-corrected chi connectivity index (χ0v) is 10.4. The van der Waals surface area contributed by atoms with Gasteiger partial charge in [0.15, 0.2) is 0 Å². The summed E-state index contributed by atoms with van der Waals surface area (Å²) in [5.41, 5.74) is 0. The molecule has 76 valence electrons. The second kappa shape index (κ2) is 6.32. The molecule has 0 aliphatic carbocycles. The smallest absolute Gasteiger partial charge is 0.241 e. The zero-order chi connectivity index (χ0) is 10.4. The largest absolute Gasteiger partial charge is 0.487 e. The van der Waals surface area contributed by atoms with Crippen molar-refractivity contribution in [2.45, 2.75) is 51.9 Å². The van der Waals surface area contributed by atoms with E-state index in [-0.39, 0.29) is 0 Å². The first-order valence-corrected chi connectivity index (χ1v) is 6.20. The van der Waals surface area contributed by atoms with Gasteiger partial charge >= 0.3 is 0 Å². The van der Waals surface area contributed by atoms with Gasteiger partial charge in [0, 0.05) is 5.92 Å². The first-order valence-electron chi connectivity index (χ1n) is 5.63. The van der Waals surface area contributed by atoms with E-state index in [9.17, 15) is 0 Å².